The van der Waals surface area contributed by atoms with Crippen LogP contribution in [0, 0.1) is 12.8 Å². The van der Waals surface area contributed by atoms with E-state index in [9.17, 15) is 4.79 Å². The van der Waals surface area contributed by atoms with E-state index in [0.29, 0.717) is 6.54 Å². The van der Waals surface area contributed by atoms with Gasteiger partial charge in [0.1, 0.15) is 0 Å². The second-order valence-electron chi connectivity index (χ2n) is 8.27. The van der Waals surface area contributed by atoms with E-state index in [1.165, 1.54) is 0 Å². The molecule has 0 bridgehead atoms. The number of piperazine rings is 1. The maximum absolute atomic E-state index is 11.8. The molecular weight excluding hydrogens is 372 g/mol. The molecule has 1 saturated carbocycles. The summed E-state index contributed by atoms with van der Waals surface area (Å²) in [5.41, 5.74) is 2.17. The Kier molecular flexibility index (Phi) is 6.52. The van der Waals surface area contributed by atoms with E-state index in [2.05, 4.69) is 21.2 Å². The summed E-state index contributed by atoms with van der Waals surface area (Å²) in [6, 6.07) is 6.23. The highest BCUT2D eigenvalue weighted by atomic mass is 35.5. The SMILES string of the molecule is [2H]C([2H])(CN1CCN(c2cccc(C)c2Cl)CC1)[C@H]1CC[C@H](NC(=O)N(C)C)CC1. The van der Waals surface area contributed by atoms with Crippen LogP contribution in [0.1, 0.15) is 40.4 Å². The molecule has 1 N–H and O–H groups in total. The van der Waals surface area contributed by atoms with Gasteiger partial charge in [-0.3, -0.25) is 4.90 Å². The van der Waals surface area contributed by atoms with Crippen molar-refractivity contribution >= 4 is 23.3 Å². The molecule has 0 aromatic heterocycles. The molecule has 1 saturated heterocycles. The molecule has 2 aliphatic rings. The van der Waals surface area contributed by atoms with Gasteiger partial charge in [0.25, 0.3) is 0 Å². The number of benzene rings is 1. The van der Waals surface area contributed by atoms with E-state index < -0.39 is 6.37 Å². The lowest BCUT2D eigenvalue weighted by molar-refractivity contribution is 0.194. The minimum absolute atomic E-state index is 0.0502. The van der Waals surface area contributed by atoms with E-state index in [1.54, 1.807) is 19.0 Å². The third-order valence-electron chi connectivity index (χ3n) is 5.95. The number of halogens is 1. The van der Waals surface area contributed by atoms with E-state index in [-0.39, 0.29) is 18.0 Å². The number of anilines is 1. The molecule has 1 aliphatic heterocycles. The fraction of sp³-hybridized carbons (Fsp3) is 0.682. The molecule has 1 aromatic rings. The largest absolute Gasteiger partial charge is 0.368 e. The third-order valence-corrected chi connectivity index (χ3v) is 6.44. The monoisotopic (exact) mass is 408 g/mol. The van der Waals surface area contributed by atoms with Gasteiger partial charge in [-0.2, -0.15) is 0 Å². The molecule has 3 rings (SSSR count). The number of aryl methyl sites for hydroxylation is 1. The smallest absolute Gasteiger partial charge is 0.317 e. The van der Waals surface area contributed by atoms with Crippen molar-refractivity contribution in [2.45, 2.75) is 45.0 Å². The number of rotatable bonds is 5. The maximum Gasteiger partial charge on any atom is 0.317 e. The minimum atomic E-state index is -1.21. The average molecular weight is 409 g/mol. The van der Waals surface area contributed by atoms with Crippen molar-refractivity contribution in [1.29, 1.82) is 0 Å². The fourth-order valence-electron chi connectivity index (χ4n) is 4.03. The summed E-state index contributed by atoms with van der Waals surface area (Å²) >= 11 is 6.49. The summed E-state index contributed by atoms with van der Waals surface area (Å²) in [5.74, 6) is 0.0502. The van der Waals surface area contributed by atoms with Gasteiger partial charge in [-0.15, -0.1) is 0 Å². The van der Waals surface area contributed by atoms with Crippen LogP contribution in [-0.4, -0.2) is 68.7 Å². The number of carbonyl (C=O) groups is 1. The van der Waals surface area contributed by atoms with Crippen LogP contribution in [0.15, 0.2) is 18.2 Å². The molecule has 1 heterocycles. The van der Waals surface area contributed by atoms with Crippen LogP contribution in [0.25, 0.3) is 0 Å². The van der Waals surface area contributed by atoms with Crippen LogP contribution in [-0.2, 0) is 0 Å². The molecule has 0 spiro atoms. The lowest BCUT2D eigenvalue weighted by Gasteiger charge is -2.37. The van der Waals surface area contributed by atoms with Crippen molar-refractivity contribution < 1.29 is 7.54 Å². The summed E-state index contributed by atoms with van der Waals surface area (Å²) in [6.45, 7) is 5.92. The number of hydrogen-bond acceptors (Lipinski definition) is 3. The maximum atomic E-state index is 11.8. The van der Waals surface area contributed by atoms with Gasteiger partial charge in [0, 0.05) is 49.1 Å². The fourth-order valence-corrected chi connectivity index (χ4v) is 4.27. The highest BCUT2D eigenvalue weighted by molar-refractivity contribution is 6.34. The summed E-state index contributed by atoms with van der Waals surface area (Å²) in [5, 5.41) is 3.86. The number of nitrogens with zero attached hydrogens (tertiary/aromatic N) is 3. The van der Waals surface area contributed by atoms with Gasteiger partial charge in [0.15, 0.2) is 0 Å². The Morgan fingerprint density at radius 2 is 1.89 bits per heavy atom. The molecule has 156 valence electrons. The summed E-state index contributed by atoms with van der Waals surface area (Å²) in [6.07, 6.45) is 2.14. The predicted octanol–water partition coefficient (Wildman–Crippen LogP) is 3.99. The van der Waals surface area contributed by atoms with Crippen LogP contribution >= 0.6 is 11.6 Å². The zero-order valence-electron chi connectivity index (χ0n) is 19.4. The van der Waals surface area contributed by atoms with Crippen LogP contribution in [0.4, 0.5) is 10.5 Å². The van der Waals surface area contributed by atoms with Crippen molar-refractivity contribution in [1.82, 2.24) is 15.1 Å². The zero-order chi connectivity index (χ0) is 21.9. The van der Waals surface area contributed by atoms with Gasteiger partial charge >= 0.3 is 6.03 Å². The number of carbonyl (C=O) groups excluding carboxylic acids is 1. The Bertz CT molecular complexity index is 730. The first-order chi connectivity index (χ1) is 14.2. The summed E-state index contributed by atoms with van der Waals surface area (Å²) in [4.78, 5) is 17.9. The van der Waals surface area contributed by atoms with Gasteiger partial charge < -0.3 is 15.1 Å². The van der Waals surface area contributed by atoms with Gasteiger partial charge in [0.05, 0.1) is 10.7 Å². The lowest BCUT2D eigenvalue weighted by Crippen LogP contribution is -2.47. The Morgan fingerprint density at radius 1 is 1.21 bits per heavy atom. The third kappa shape index (κ3) is 5.54. The van der Waals surface area contributed by atoms with Gasteiger partial charge in [-0.1, -0.05) is 23.7 Å². The van der Waals surface area contributed by atoms with Gasteiger partial charge in [-0.05, 0) is 63.1 Å². The second-order valence-corrected chi connectivity index (χ2v) is 8.65. The predicted molar refractivity (Wildman–Crippen MR) is 117 cm³/mol. The standard InChI is InChI=1S/C22H35ClN4O/c1-17-5-4-6-20(21(17)23)27-15-13-26(14-16-27)12-11-18-7-9-19(10-8-18)24-22(28)25(2)3/h4-6,18-19H,7-16H2,1-3H3,(H,24,28)/t18-,19-/i11D2. The normalized spacial score (nSPS) is 25.1. The Balaban J connectivity index is 1.47. The second kappa shape index (κ2) is 9.84. The Labute approximate surface area is 177 Å². The quantitative estimate of drug-likeness (QED) is 0.800. The van der Waals surface area contributed by atoms with E-state index in [1.807, 2.05) is 19.1 Å². The summed E-state index contributed by atoms with van der Waals surface area (Å²) < 4.78 is 17.4. The van der Waals surface area contributed by atoms with E-state index in [0.717, 1.165) is 68.1 Å². The number of urea groups is 1. The van der Waals surface area contributed by atoms with Crippen LogP contribution < -0.4 is 10.2 Å². The number of amides is 2. The molecule has 1 aliphatic carbocycles. The highest BCUT2D eigenvalue weighted by Gasteiger charge is 2.24. The van der Waals surface area contributed by atoms with Crippen molar-refractivity contribution in [3.8, 4) is 0 Å². The molecule has 0 atom stereocenters. The molecule has 1 aromatic carbocycles. The van der Waals surface area contributed by atoms with Crippen LogP contribution in [0.3, 0.4) is 0 Å². The molecule has 6 heteroatoms. The van der Waals surface area contributed by atoms with Crippen molar-refractivity contribution in [2.24, 2.45) is 5.92 Å². The van der Waals surface area contributed by atoms with Crippen molar-refractivity contribution in [3.05, 3.63) is 28.8 Å². The van der Waals surface area contributed by atoms with Gasteiger partial charge in [0.2, 0.25) is 0 Å². The molecule has 2 fully saturated rings. The summed E-state index contributed by atoms with van der Waals surface area (Å²) in [7, 11) is 3.48. The molecule has 5 nitrogen and oxygen atoms in total. The molecule has 0 unspecified atom stereocenters. The zero-order valence-corrected chi connectivity index (χ0v) is 18.1. The molecule has 0 radical (unpaired) electrons. The van der Waals surface area contributed by atoms with Crippen molar-refractivity contribution in [2.75, 3.05) is 51.7 Å². The first-order valence-corrected chi connectivity index (χ1v) is 10.8. The Hall–Kier alpha value is -1.46. The first-order valence-electron chi connectivity index (χ1n) is 11.4. The Morgan fingerprint density at radius 3 is 2.54 bits per heavy atom. The topological polar surface area (TPSA) is 38.8 Å². The molecular formula is C22H35ClN4O. The van der Waals surface area contributed by atoms with E-state index >= 15 is 0 Å². The molecule has 28 heavy (non-hydrogen) atoms. The van der Waals surface area contributed by atoms with Gasteiger partial charge in [-0.25, -0.2) is 4.79 Å². The highest BCUT2D eigenvalue weighted by Crippen LogP contribution is 2.30. The first kappa shape index (κ1) is 18.6. The van der Waals surface area contributed by atoms with Crippen molar-refractivity contribution in [3.63, 3.8) is 0 Å². The average Bonchev–Trinajstić information content (AvgIpc) is 2.71. The molecule has 2 amide bonds. The van der Waals surface area contributed by atoms with Crippen LogP contribution in [0.2, 0.25) is 5.02 Å². The number of nitrogens with one attached hydrogen (secondary N) is 1. The van der Waals surface area contributed by atoms with E-state index in [4.69, 9.17) is 14.3 Å². The minimum Gasteiger partial charge on any atom is -0.368 e. The van der Waals surface area contributed by atoms with Crippen LogP contribution in [0.5, 0.6) is 0 Å². The number of hydrogen-bond donors (Lipinski definition) is 1. The lowest BCUT2D eigenvalue weighted by atomic mass is 9.84.